The number of benzene rings is 1. The van der Waals surface area contributed by atoms with Crippen molar-refractivity contribution in [2.24, 2.45) is 5.92 Å². The highest BCUT2D eigenvalue weighted by molar-refractivity contribution is 9.10. The molecule has 0 heterocycles. The molecule has 2 heteroatoms. The molecule has 0 aliphatic heterocycles. The average molecular weight is 307 g/mol. The van der Waals surface area contributed by atoms with Gasteiger partial charge in [-0.15, -0.1) is 0 Å². The van der Waals surface area contributed by atoms with Crippen molar-refractivity contribution in [3.05, 3.63) is 56.8 Å². The van der Waals surface area contributed by atoms with Crippen molar-refractivity contribution in [3.63, 3.8) is 0 Å². The Balaban J connectivity index is 2.32. The van der Waals surface area contributed by atoms with E-state index in [-0.39, 0.29) is 0 Å². The molecule has 0 bridgehead atoms. The van der Waals surface area contributed by atoms with Crippen LogP contribution < -0.4 is 0 Å². The molecule has 0 amide bonds. The van der Waals surface area contributed by atoms with E-state index in [9.17, 15) is 5.11 Å². The number of hydrogen-bond donors (Lipinski definition) is 1. The monoisotopic (exact) mass is 306 g/mol. The van der Waals surface area contributed by atoms with Crippen molar-refractivity contribution in [2.75, 3.05) is 0 Å². The first-order chi connectivity index (χ1) is 8.49. The van der Waals surface area contributed by atoms with Crippen LogP contribution in [0.15, 0.2) is 45.7 Å². The second-order valence-corrected chi connectivity index (χ2v) is 6.12. The maximum absolute atomic E-state index is 10.0. The van der Waals surface area contributed by atoms with E-state index in [0.717, 1.165) is 22.9 Å². The molecular formula is C16H19BrO. The van der Waals surface area contributed by atoms with Crippen LogP contribution in [0, 0.1) is 12.8 Å². The van der Waals surface area contributed by atoms with E-state index in [0.29, 0.717) is 11.7 Å². The average Bonchev–Trinajstić information content (AvgIpc) is 2.64. The van der Waals surface area contributed by atoms with Gasteiger partial charge in [0.1, 0.15) is 5.76 Å². The Labute approximate surface area is 117 Å². The molecule has 0 atom stereocenters. The highest BCUT2D eigenvalue weighted by atomic mass is 79.9. The number of aliphatic hydroxyl groups excluding tert-OH is 1. The second kappa shape index (κ2) is 5.31. The number of rotatable bonds is 3. The molecular weight excluding hydrogens is 288 g/mol. The molecule has 0 radical (unpaired) electrons. The van der Waals surface area contributed by atoms with Crippen LogP contribution >= 0.6 is 15.9 Å². The van der Waals surface area contributed by atoms with Crippen LogP contribution in [-0.2, 0) is 6.42 Å². The standard InChI is InChI=1S/C16H19BrO/c1-10(2)14-6-7-16(18)15(14)9-12-4-5-13(17)8-11(12)3/h4-5,7-8,10,18H,6,9H2,1-3H3. The lowest BCUT2D eigenvalue weighted by atomic mass is 9.93. The highest BCUT2D eigenvalue weighted by Gasteiger charge is 2.19. The second-order valence-electron chi connectivity index (χ2n) is 5.20. The maximum Gasteiger partial charge on any atom is 0.115 e. The molecule has 1 nitrogen and oxygen atoms in total. The molecule has 1 aliphatic rings. The fraction of sp³-hybridized carbons (Fsp3) is 0.375. The van der Waals surface area contributed by atoms with Crippen LogP contribution in [0.2, 0.25) is 0 Å². The minimum atomic E-state index is 0.473. The SMILES string of the molecule is Cc1cc(Br)ccc1CC1=C(C(C)C)CC=C1O. The van der Waals surface area contributed by atoms with E-state index >= 15 is 0 Å². The van der Waals surface area contributed by atoms with E-state index < -0.39 is 0 Å². The van der Waals surface area contributed by atoms with E-state index in [1.165, 1.54) is 16.7 Å². The summed E-state index contributed by atoms with van der Waals surface area (Å²) in [5, 5.41) is 10.0. The number of aliphatic hydroxyl groups is 1. The molecule has 96 valence electrons. The summed E-state index contributed by atoms with van der Waals surface area (Å²) in [6.45, 7) is 6.50. The third-order valence-electron chi connectivity index (χ3n) is 3.58. The zero-order valence-corrected chi connectivity index (χ0v) is 12.7. The highest BCUT2D eigenvalue weighted by Crippen LogP contribution is 2.33. The smallest absolute Gasteiger partial charge is 0.115 e. The summed E-state index contributed by atoms with van der Waals surface area (Å²) in [5.41, 5.74) is 5.04. The molecule has 2 rings (SSSR count). The van der Waals surface area contributed by atoms with Gasteiger partial charge in [-0.05, 0) is 54.2 Å². The van der Waals surface area contributed by atoms with E-state index in [2.05, 4.69) is 54.9 Å². The fourth-order valence-electron chi connectivity index (χ4n) is 2.45. The Hall–Kier alpha value is -1.02. The van der Waals surface area contributed by atoms with E-state index in [4.69, 9.17) is 0 Å². The molecule has 0 aromatic heterocycles. The van der Waals surface area contributed by atoms with Gasteiger partial charge in [-0.3, -0.25) is 0 Å². The molecule has 0 fully saturated rings. The normalized spacial score (nSPS) is 15.5. The zero-order valence-electron chi connectivity index (χ0n) is 11.1. The van der Waals surface area contributed by atoms with Gasteiger partial charge < -0.3 is 5.11 Å². The first-order valence-electron chi connectivity index (χ1n) is 6.35. The third-order valence-corrected chi connectivity index (χ3v) is 4.07. The molecule has 0 saturated heterocycles. The molecule has 0 saturated carbocycles. The summed E-state index contributed by atoms with van der Waals surface area (Å²) in [6.07, 6.45) is 3.65. The summed E-state index contributed by atoms with van der Waals surface area (Å²) in [6, 6.07) is 6.32. The van der Waals surface area contributed by atoms with E-state index in [1.807, 2.05) is 6.08 Å². The Bertz CT molecular complexity index is 524. The topological polar surface area (TPSA) is 20.2 Å². The summed E-state index contributed by atoms with van der Waals surface area (Å²) >= 11 is 3.48. The van der Waals surface area contributed by atoms with Crippen LogP contribution in [0.5, 0.6) is 0 Å². The van der Waals surface area contributed by atoms with Gasteiger partial charge in [0.15, 0.2) is 0 Å². The van der Waals surface area contributed by atoms with Crippen LogP contribution in [0.25, 0.3) is 0 Å². The van der Waals surface area contributed by atoms with Gasteiger partial charge in [0.05, 0.1) is 0 Å². The Kier molecular flexibility index (Phi) is 3.96. The van der Waals surface area contributed by atoms with E-state index in [1.54, 1.807) is 0 Å². The van der Waals surface area contributed by atoms with Gasteiger partial charge in [-0.2, -0.15) is 0 Å². The van der Waals surface area contributed by atoms with Gasteiger partial charge >= 0.3 is 0 Å². The van der Waals surface area contributed by atoms with Gasteiger partial charge in [0, 0.05) is 10.9 Å². The molecule has 18 heavy (non-hydrogen) atoms. The minimum Gasteiger partial charge on any atom is -0.508 e. The van der Waals surface area contributed by atoms with Crippen LogP contribution in [-0.4, -0.2) is 5.11 Å². The Morgan fingerprint density at radius 3 is 2.67 bits per heavy atom. The van der Waals surface area contributed by atoms with Crippen molar-refractivity contribution >= 4 is 15.9 Å². The zero-order chi connectivity index (χ0) is 13.3. The predicted molar refractivity (Wildman–Crippen MR) is 79.8 cm³/mol. The van der Waals surface area contributed by atoms with Gasteiger partial charge in [-0.25, -0.2) is 0 Å². The van der Waals surface area contributed by atoms with Gasteiger partial charge in [0.25, 0.3) is 0 Å². The summed E-state index contributed by atoms with van der Waals surface area (Å²) in [7, 11) is 0. The molecule has 1 N–H and O–H groups in total. The van der Waals surface area contributed by atoms with Gasteiger partial charge in [-0.1, -0.05) is 41.4 Å². The Morgan fingerprint density at radius 2 is 2.06 bits per heavy atom. The fourth-order valence-corrected chi connectivity index (χ4v) is 2.93. The van der Waals surface area contributed by atoms with Crippen molar-refractivity contribution < 1.29 is 5.11 Å². The van der Waals surface area contributed by atoms with Crippen molar-refractivity contribution in [1.82, 2.24) is 0 Å². The number of aryl methyl sites for hydroxylation is 1. The van der Waals surface area contributed by atoms with Gasteiger partial charge in [0.2, 0.25) is 0 Å². The molecule has 0 unspecified atom stereocenters. The first-order valence-corrected chi connectivity index (χ1v) is 7.14. The number of allylic oxidation sites excluding steroid dienone is 3. The van der Waals surface area contributed by atoms with Crippen LogP contribution in [0.1, 0.15) is 31.4 Å². The quantitative estimate of drug-likeness (QED) is 0.824. The first kappa shape index (κ1) is 13.4. The molecule has 1 aliphatic carbocycles. The Morgan fingerprint density at radius 1 is 1.33 bits per heavy atom. The summed E-state index contributed by atoms with van der Waals surface area (Å²) in [4.78, 5) is 0. The third kappa shape index (κ3) is 2.69. The number of hydrogen-bond acceptors (Lipinski definition) is 1. The van der Waals surface area contributed by atoms with Crippen LogP contribution in [0.4, 0.5) is 0 Å². The predicted octanol–water partition coefficient (Wildman–Crippen LogP) is 5.10. The van der Waals surface area contributed by atoms with Crippen molar-refractivity contribution in [1.29, 1.82) is 0 Å². The minimum absolute atomic E-state index is 0.473. The summed E-state index contributed by atoms with van der Waals surface area (Å²) in [5.74, 6) is 0.970. The van der Waals surface area contributed by atoms with Crippen LogP contribution in [0.3, 0.4) is 0 Å². The van der Waals surface area contributed by atoms with Crippen molar-refractivity contribution in [2.45, 2.75) is 33.6 Å². The lowest BCUT2D eigenvalue weighted by Crippen LogP contribution is -2.01. The lowest BCUT2D eigenvalue weighted by Gasteiger charge is -2.13. The molecule has 1 aromatic carbocycles. The largest absolute Gasteiger partial charge is 0.508 e. The van der Waals surface area contributed by atoms with Crippen molar-refractivity contribution in [3.8, 4) is 0 Å². The molecule has 1 aromatic rings. The number of halogens is 1. The molecule has 0 spiro atoms. The lowest BCUT2D eigenvalue weighted by molar-refractivity contribution is 0.421. The summed E-state index contributed by atoms with van der Waals surface area (Å²) < 4.78 is 1.10. The maximum atomic E-state index is 10.0.